The molecular formula is C28H33ClN8O2. The monoisotopic (exact) mass is 548 g/mol. The van der Waals surface area contributed by atoms with E-state index in [-0.39, 0.29) is 17.9 Å². The standard InChI is InChI=1S/C28H33ClN8O2/c1-7-39-25-19(12-20(29)15(2)23(25)18-8-9-22(32-13-18)28(38)31-5)17(4)35-27-24(26(30)33-14-34-27)16(3)21-10-11-37(6)36-21/h8-14,16-17H,7H2,1-6H3,(H,31,38)(H3,30,33,34,35). The van der Waals surface area contributed by atoms with E-state index < -0.39 is 0 Å². The van der Waals surface area contributed by atoms with Crippen LogP contribution in [0.15, 0.2) is 43.0 Å². The number of rotatable bonds is 9. The number of halogens is 1. The van der Waals surface area contributed by atoms with E-state index >= 15 is 0 Å². The largest absolute Gasteiger partial charge is 0.493 e. The fourth-order valence-electron chi connectivity index (χ4n) is 4.56. The molecule has 4 N–H and O–H groups in total. The Hall–Kier alpha value is -4.18. The molecule has 3 aromatic heterocycles. The molecule has 204 valence electrons. The van der Waals surface area contributed by atoms with Crippen molar-refractivity contribution in [3.8, 4) is 16.9 Å². The Morgan fingerprint density at radius 1 is 1.21 bits per heavy atom. The number of nitrogen functional groups attached to an aromatic ring is 1. The summed E-state index contributed by atoms with van der Waals surface area (Å²) in [6, 6.07) is 7.11. The van der Waals surface area contributed by atoms with Crippen molar-refractivity contribution in [3.63, 3.8) is 0 Å². The van der Waals surface area contributed by atoms with Crippen molar-refractivity contribution in [2.75, 3.05) is 24.7 Å². The molecule has 0 radical (unpaired) electrons. The van der Waals surface area contributed by atoms with Crippen molar-refractivity contribution in [2.24, 2.45) is 7.05 Å². The van der Waals surface area contributed by atoms with Crippen LogP contribution in [0.25, 0.3) is 11.1 Å². The molecule has 0 saturated carbocycles. The quantitative estimate of drug-likeness (QED) is 0.269. The van der Waals surface area contributed by atoms with Crippen LogP contribution in [-0.4, -0.2) is 44.3 Å². The highest BCUT2D eigenvalue weighted by Crippen LogP contribution is 2.43. The lowest BCUT2D eigenvalue weighted by atomic mass is 9.94. The van der Waals surface area contributed by atoms with E-state index in [0.717, 1.165) is 33.5 Å². The maximum Gasteiger partial charge on any atom is 0.269 e. The van der Waals surface area contributed by atoms with Gasteiger partial charge in [0.25, 0.3) is 5.91 Å². The van der Waals surface area contributed by atoms with E-state index in [1.807, 2.05) is 59.1 Å². The number of pyridine rings is 1. The van der Waals surface area contributed by atoms with E-state index in [9.17, 15) is 4.79 Å². The van der Waals surface area contributed by atoms with E-state index in [4.69, 9.17) is 22.1 Å². The Bertz CT molecular complexity index is 1490. The van der Waals surface area contributed by atoms with Gasteiger partial charge in [0.05, 0.1) is 18.3 Å². The molecule has 3 heterocycles. The fraction of sp³-hybridized carbons (Fsp3) is 0.321. The van der Waals surface area contributed by atoms with Gasteiger partial charge >= 0.3 is 0 Å². The number of amides is 1. The van der Waals surface area contributed by atoms with Crippen LogP contribution in [0.2, 0.25) is 5.02 Å². The Balaban J connectivity index is 1.77. The maximum atomic E-state index is 12.0. The Kier molecular flexibility index (Phi) is 8.35. The molecule has 4 rings (SSSR count). The molecule has 1 aromatic carbocycles. The van der Waals surface area contributed by atoms with Crippen LogP contribution in [0.5, 0.6) is 5.75 Å². The van der Waals surface area contributed by atoms with Crippen molar-refractivity contribution < 1.29 is 9.53 Å². The minimum Gasteiger partial charge on any atom is -0.493 e. The smallest absolute Gasteiger partial charge is 0.269 e. The molecule has 0 bridgehead atoms. The molecule has 0 saturated heterocycles. The predicted octanol–water partition coefficient (Wildman–Crippen LogP) is 4.90. The van der Waals surface area contributed by atoms with Gasteiger partial charge in [-0.25, -0.2) is 9.97 Å². The Labute approximate surface area is 233 Å². The van der Waals surface area contributed by atoms with Crippen LogP contribution in [0.4, 0.5) is 11.6 Å². The van der Waals surface area contributed by atoms with Gasteiger partial charge in [0.1, 0.15) is 29.4 Å². The number of nitrogens with two attached hydrogens (primary N) is 1. The van der Waals surface area contributed by atoms with Crippen molar-refractivity contribution in [2.45, 2.75) is 39.7 Å². The van der Waals surface area contributed by atoms with Crippen LogP contribution in [0.3, 0.4) is 0 Å². The maximum absolute atomic E-state index is 12.0. The zero-order chi connectivity index (χ0) is 28.3. The number of carbonyl (C=O) groups is 1. The van der Waals surface area contributed by atoms with Gasteiger partial charge in [-0.1, -0.05) is 24.6 Å². The lowest BCUT2D eigenvalue weighted by Crippen LogP contribution is -2.19. The second kappa shape index (κ2) is 11.7. The van der Waals surface area contributed by atoms with Crippen LogP contribution in [0, 0.1) is 6.92 Å². The molecule has 10 nitrogen and oxygen atoms in total. The SMILES string of the molecule is CCOc1c(C(C)Nc2ncnc(N)c2C(C)c2ccn(C)n2)cc(Cl)c(C)c1-c1ccc(C(=O)NC)nc1. The molecule has 39 heavy (non-hydrogen) atoms. The Morgan fingerprint density at radius 3 is 2.59 bits per heavy atom. The number of benzene rings is 1. The third-order valence-corrected chi connectivity index (χ3v) is 7.04. The van der Waals surface area contributed by atoms with Crippen molar-refractivity contribution in [1.82, 2.24) is 30.0 Å². The topological polar surface area (TPSA) is 133 Å². The summed E-state index contributed by atoms with van der Waals surface area (Å²) in [5, 5.41) is 11.2. The normalized spacial score (nSPS) is 12.6. The summed E-state index contributed by atoms with van der Waals surface area (Å²) in [5.74, 6) is 1.26. The number of ether oxygens (including phenoxy) is 1. The second-order valence-corrected chi connectivity index (χ2v) is 9.65. The molecule has 4 aromatic rings. The predicted molar refractivity (Wildman–Crippen MR) is 153 cm³/mol. The number of carbonyl (C=O) groups excluding carboxylic acids is 1. The molecule has 1 amide bonds. The first-order valence-electron chi connectivity index (χ1n) is 12.7. The molecule has 0 aliphatic carbocycles. The van der Waals surface area contributed by atoms with Crippen molar-refractivity contribution in [1.29, 1.82) is 0 Å². The van der Waals surface area contributed by atoms with E-state index in [1.54, 1.807) is 24.0 Å². The third-order valence-electron chi connectivity index (χ3n) is 6.65. The summed E-state index contributed by atoms with van der Waals surface area (Å²) in [5.41, 5.74) is 11.6. The molecule has 0 fully saturated rings. The molecular weight excluding hydrogens is 516 g/mol. The minimum absolute atomic E-state index is 0.143. The molecule has 11 heteroatoms. The summed E-state index contributed by atoms with van der Waals surface area (Å²) in [6.45, 7) is 8.34. The number of aryl methyl sites for hydroxylation is 1. The highest BCUT2D eigenvalue weighted by atomic mass is 35.5. The van der Waals surface area contributed by atoms with Gasteiger partial charge in [-0.3, -0.25) is 14.5 Å². The fourth-order valence-corrected chi connectivity index (χ4v) is 4.78. The van der Waals surface area contributed by atoms with Gasteiger partial charge in [-0.15, -0.1) is 0 Å². The minimum atomic E-state index is -0.273. The van der Waals surface area contributed by atoms with Gasteiger partial charge < -0.3 is 21.1 Å². The molecule has 0 aliphatic heterocycles. The van der Waals surface area contributed by atoms with Crippen molar-refractivity contribution in [3.05, 3.63) is 76.1 Å². The number of nitrogens with zero attached hydrogens (tertiary/aromatic N) is 5. The number of aromatic nitrogens is 5. The summed E-state index contributed by atoms with van der Waals surface area (Å²) in [6.07, 6.45) is 4.99. The van der Waals surface area contributed by atoms with Crippen LogP contribution >= 0.6 is 11.6 Å². The van der Waals surface area contributed by atoms with Gasteiger partial charge in [0.15, 0.2) is 0 Å². The number of anilines is 2. The summed E-state index contributed by atoms with van der Waals surface area (Å²) >= 11 is 6.76. The summed E-state index contributed by atoms with van der Waals surface area (Å²) in [4.78, 5) is 25.1. The number of hydrogen-bond acceptors (Lipinski definition) is 8. The van der Waals surface area contributed by atoms with Gasteiger partial charge in [-0.05, 0) is 44.5 Å². The van der Waals surface area contributed by atoms with Crippen LogP contribution in [-0.2, 0) is 7.05 Å². The van der Waals surface area contributed by atoms with Crippen LogP contribution < -0.4 is 21.1 Å². The average Bonchev–Trinajstić information content (AvgIpc) is 3.36. The molecule has 0 spiro atoms. The zero-order valence-corrected chi connectivity index (χ0v) is 23.7. The lowest BCUT2D eigenvalue weighted by Gasteiger charge is -2.25. The molecule has 2 atom stereocenters. The highest BCUT2D eigenvalue weighted by Gasteiger charge is 2.25. The van der Waals surface area contributed by atoms with E-state index in [2.05, 4.69) is 30.7 Å². The molecule has 2 unspecified atom stereocenters. The zero-order valence-electron chi connectivity index (χ0n) is 22.9. The third kappa shape index (κ3) is 5.65. The van der Waals surface area contributed by atoms with Crippen molar-refractivity contribution >= 4 is 29.1 Å². The first-order valence-corrected chi connectivity index (χ1v) is 13.0. The first kappa shape index (κ1) is 27.8. The van der Waals surface area contributed by atoms with Gasteiger partial charge in [0.2, 0.25) is 0 Å². The average molecular weight is 549 g/mol. The second-order valence-electron chi connectivity index (χ2n) is 9.24. The highest BCUT2D eigenvalue weighted by molar-refractivity contribution is 6.32. The van der Waals surface area contributed by atoms with Gasteiger partial charge in [0, 0.05) is 59.7 Å². The summed E-state index contributed by atoms with van der Waals surface area (Å²) < 4.78 is 7.97. The van der Waals surface area contributed by atoms with E-state index in [1.165, 1.54) is 6.33 Å². The van der Waals surface area contributed by atoms with Gasteiger partial charge in [-0.2, -0.15) is 5.10 Å². The van der Waals surface area contributed by atoms with Crippen LogP contribution in [0.1, 0.15) is 65.6 Å². The Morgan fingerprint density at radius 2 is 1.97 bits per heavy atom. The van der Waals surface area contributed by atoms with E-state index in [0.29, 0.717) is 34.7 Å². The number of hydrogen-bond donors (Lipinski definition) is 3. The number of nitrogens with one attached hydrogen (secondary N) is 2. The first-order chi connectivity index (χ1) is 18.7. The lowest BCUT2D eigenvalue weighted by molar-refractivity contribution is 0.0958. The summed E-state index contributed by atoms with van der Waals surface area (Å²) in [7, 11) is 3.44. The molecule has 0 aliphatic rings.